The molecule has 0 aliphatic carbocycles. The van der Waals surface area contributed by atoms with E-state index in [0.717, 1.165) is 24.6 Å². The van der Waals surface area contributed by atoms with Crippen molar-refractivity contribution >= 4 is 34.3 Å². The van der Waals surface area contributed by atoms with Crippen molar-refractivity contribution in [2.24, 2.45) is 11.0 Å². The molecule has 0 amide bonds. The van der Waals surface area contributed by atoms with Crippen molar-refractivity contribution in [2.75, 3.05) is 30.0 Å². The molecule has 0 saturated carbocycles. The fraction of sp³-hybridized carbons (Fsp3) is 0.450. The maximum atomic E-state index is 11.5. The van der Waals surface area contributed by atoms with Crippen LogP contribution in [0.2, 0.25) is 0 Å². The van der Waals surface area contributed by atoms with Gasteiger partial charge in [-0.15, -0.1) is 11.3 Å². The minimum atomic E-state index is -0.263. The molecule has 3 rings (SSSR count). The van der Waals surface area contributed by atoms with E-state index < -0.39 is 0 Å². The van der Waals surface area contributed by atoms with E-state index in [1.54, 1.807) is 13.1 Å². The number of ether oxygens (including phenoxy) is 1. The molecule has 1 fully saturated rings. The van der Waals surface area contributed by atoms with Gasteiger partial charge in [-0.3, -0.25) is 10.2 Å². The minimum Gasteiger partial charge on any atom is -0.466 e. The van der Waals surface area contributed by atoms with Crippen LogP contribution >= 0.6 is 11.3 Å². The Morgan fingerprint density at radius 1 is 1.37 bits per heavy atom. The lowest BCUT2D eigenvalue weighted by molar-refractivity contribution is -0.142. The summed E-state index contributed by atoms with van der Waals surface area (Å²) in [5.74, 6) is 0.573. The third-order valence-electron chi connectivity index (χ3n) is 4.60. The van der Waals surface area contributed by atoms with Crippen molar-refractivity contribution in [2.45, 2.75) is 33.1 Å². The van der Waals surface area contributed by atoms with Gasteiger partial charge in [-0.2, -0.15) is 5.10 Å². The van der Waals surface area contributed by atoms with Crippen molar-refractivity contribution in [3.05, 3.63) is 40.9 Å². The second-order valence-corrected chi connectivity index (χ2v) is 7.62. The average molecular weight is 387 g/mol. The van der Waals surface area contributed by atoms with E-state index in [1.165, 1.54) is 29.9 Å². The Balaban J connectivity index is 1.50. The number of carbonyl (C=O) groups excluding carboxylic acids is 1. The number of hydrogen-bond donors (Lipinski definition) is 1. The fourth-order valence-electron chi connectivity index (χ4n) is 3.00. The highest BCUT2D eigenvalue weighted by Gasteiger charge is 2.15. The molecule has 0 radical (unpaired) electrons. The van der Waals surface area contributed by atoms with Crippen molar-refractivity contribution < 1.29 is 9.53 Å². The van der Waals surface area contributed by atoms with Crippen LogP contribution in [0, 0.1) is 5.92 Å². The van der Waals surface area contributed by atoms with Gasteiger partial charge in [-0.05, 0) is 43.4 Å². The largest absolute Gasteiger partial charge is 0.466 e. The van der Waals surface area contributed by atoms with Crippen molar-refractivity contribution in [3.63, 3.8) is 0 Å². The standard InChI is InChI=1S/C20H26N4O2S/c1-3-26-19(25)12-17-14-27-20(22-17)23-21-13-16-4-6-18(7-5-16)24-10-8-15(2)9-11-24/h4-7,13-15H,3,8-12H2,1-2H3,(H,22,23). The molecule has 0 spiro atoms. The number of benzene rings is 1. The smallest absolute Gasteiger partial charge is 0.311 e. The zero-order chi connectivity index (χ0) is 19.1. The van der Waals surface area contributed by atoms with Gasteiger partial charge in [0.1, 0.15) is 0 Å². The van der Waals surface area contributed by atoms with E-state index in [1.807, 2.05) is 5.38 Å². The summed E-state index contributed by atoms with van der Waals surface area (Å²) >= 11 is 1.42. The second-order valence-electron chi connectivity index (χ2n) is 6.76. The van der Waals surface area contributed by atoms with E-state index in [2.05, 4.69) is 51.6 Å². The third-order valence-corrected chi connectivity index (χ3v) is 5.39. The summed E-state index contributed by atoms with van der Waals surface area (Å²) in [6.07, 6.45) is 4.49. The first-order valence-corrected chi connectivity index (χ1v) is 10.3. The van der Waals surface area contributed by atoms with Crippen LogP contribution in [0.25, 0.3) is 0 Å². The Morgan fingerprint density at radius 2 is 2.11 bits per heavy atom. The van der Waals surface area contributed by atoms with Crippen LogP contribution in [0.15, 0.2) is 34.7 Å². The summed E-state index contributed by atoms with van der Waals surface area (Å²) < 4.78 is 4.92. The first-order valence-electron chi connectivity index (χ1n) is 9.38. The lowest BCUT2D eigenvalue weighted by Gasteiger charge is -2.32. The Hall–Kier alpha value is -2.41. The number of piperidine rings is 1. The number of carbonyl (C=O) groups is 1. The molecular formula is C20H26N4O2S. The van der Waals surface area contributed by atoms with E-state index >= 15 is 0 Å². The molecule has 144 valence electrons. The van der Waals surface area contributed by atoms with Gasteiger partial charge in [-0.1, -0.05) is 19.1 Å². The maximum Gasteiger partial charge on any atom is 0.311 e. The summed E-state index contributed by atoms with van der Waals surface area (Å²) in [6.45, 7) is 6.77. The Labute approximate surface area is 164 Å². The quantitative estimate of drug-likeness (QED) is 0.444. The van der Waals surface area contributed by atoms with Crippen LogP contribution in [0.5, 0.6) is 0 Å². The molecule has 7 heteroatoms. The number of esters is 1. The first kappa shape index (κ1) is 19.4. The highest BCUT2D eigenvalue weighted by atomic mass is 32.1. The van der Waals surface area contributed by atoms with Gasteiger partial charge in [0.25, 0.3) is 0 Å². The molecular weight excluding hydrogens is 360 g/mol. The number of nitrogens with zero attached hydrogens (tertiary/aromatic N) is 3. The number of hydrogen-bond acceptors (Lipinski definition) is 7. The number of anilines is 2. The molecule has 6 nitrogen and oxygen atoms in total. The summed E-state index contributed by atoms with van der Waals surface area (Å²) in [6, 6.07) is 8.45. The second kappa shape index (κ2) is 9.50. The number of aromatic nitrogens is 1. The van der Waals surface area contributed by atoms with Crippen molar-refractivity contribution in [3.8, 4) is 0 Å². The van der Waals surface area contributed by atoms with Crippen LogP contribution < -0.4 is 10.3 Å². The van der Waals surface area contributed by atoms with Gasteiger partial charge in [0, 0.05) is 24.2 Å². The molecule has 1 aliphatic rings. The molecule has 27 heavy (non-hydrogen) atoms. The zero-order valence-electron chi connectivity index (χ0n) is 15.9. The minimum absolute atomic E-state index is 0.187. The molecule has 0 bridgehead atoms. The first-order chi connectivity index (χ1) is 13.1. The predicted octanol–water partition coefficient (Wildman–Crippen LogP) is 3.93. The Bertz CT molecular complexity index is 765. The van der Waals surface area contributed by atoms with Gasteiger partial charge in [0.2, 0.25) is 5.13 Å². The van der Waals surface area contributed by atoms with Gasteiger partial charge < -0.3 is 9.64 Å². The average Bonchev–Trinajstić information content (AvgIpc) is 3.10. The molecule has 0 unspecified atom stereocenters. The molecule has 1 saturated heterocycles. The Kier molecular flexibility index (Phi) is 6.81. The van der Waals surface area contributed by atoms with Crippen LogP contribution in [0.1, 0.15) is 37.9 Å². The number of rotatable bonds is 7. The lowest BCUT2D eigenvalue weighted by Crippen LogP contribution is -2.32. The fourth-order valence-corrected chi connectivity index (χ4v) is 3.66. The van der Waals surface area contributed by atoms with E-state index in [9.17, 15) is 4.79 Å². The van der Waals surface area contributed by atoms with Crippen LogP contribution in [-0.2, 0) is 16.0 Å². The number of thiazole rings is 1. The van der Waals surface area contributed by atoms with Crippen LogP contribution in [-0.4, -0.2) is 36.9 Å². The van der Waals surface area contributed by atoms with Crippen LogP contribution in [0.3, 0.4) is 0 Å². The zero-order valence-corrected chi connectivity index (χ0v) is 16.7. The lowest BCUT2D eigenvalue weighted by atomic mass is 9.99. The predicted molar refractivity (Wildman–Crippen MR) is 111 cm³/mol. The summed E-state index contributed by atoms with van der Waals surface area (Å²) in [4.78, 5) is 18.2. The van der Waals surface area contributed by atoms with Crippen LogP contribution in [0.4, 0.5) is 10.8 Å². The molecule has 1 aliphatic heterocycles. The van der Waals surface area contributed by atoms with E-state index in [0.29, 0.717) is 17.4 Å². The van der Waals surface area contributed by atoms with Gasteiger partial charge in [0.15, 0.2) is 0 Å². The molecule has 1 N–H and O–H groups in total. The van der Waals surface area contributed by atoms with E-state index in [4.69, 9.17) is 4.74 Å². The monoisotopic (exact) mass is 386 g/mol. The molecule has 0 atom stereocenters. The van der Waals surface area contributed by atoms with Gasteiger partial charge in [0.05, 0.1) is 24.9 Å². The Morgan fingerprint density at radius 3 is 2.81 bits per heavy atom. The number of nitrogens with one attached hydrogen (secondary N) is 1. The normalized spacial score (nSPS) is 15.3. The number of hydrazone groups is 1. The van der Waals surface area contributed by atoms with Crippen molar-refractivity contribution in [1.29, 1.82) is 0 Å². The highest BCUT2D eigenvalue weighted by molar-refractivity contribution is 7.13. The molecule has 1 aromatic heterocycles. The van der Waals surface area contributed by atoms with Gasteiger partial charge >= 0.3 is 5.97 Å². The summed E-state index contributed by atoms with van der Waals surface area (Å²) in [5, 5.41) is 6.73. The molecule has 1 aromatic carbocycles. The molecule has 2 heterocycles. The SMILES string of the molecule is CCOC(=O)Cc1csc(NN=Cc2ccc(N3CCC(C)CC3)cc2)n1. The topological polar surface area (TPSA) is 66.8 Å². The van der Waals surface area contributed by atoms with Gasteiger partial charge in [-0.25, -0.2) is 4.98 Å². The highest BCUT2D eigenvalue weighted by Crippen LogP contribution is 2.23. The summed E-state index contributed by atoms with van der Waals surface area (Å²) in [7, 11) is 0. The van der Waals surface area contributed by atoms with E-state index in [-0.39, 0.29) is 12.4 Å². The third kappa shape index (κ3) is 5.79. The maximum absolute atomic E-state index is 11.5. The molecule has 2 aromatic rings. The van der Waals surface area contributed by atoms with Crippen molar-refractivity contribution in [1.82, 2.24) is 4.98 Å². The summed E-state index contributed by atoms with van der Waals surface area (Å²) in [5.41, 5.74) is 5.91.